The van der Waals surface area contributed by atoms with Crippen LogP contribution < -0.4 is 5.32 Å². The monoisotopic (exact) mass is 277 g/mol. The molecule has 0 fully saturated rings. The number of hydrogen-bond acceptors (Lipinski definition) is 2. The molecule has 2 heteroatoms. The van der Waals surface area contributed by atoms with Crippen LogP contribution in [0.25, 0.3) is 0 Å². The third-order valence-corrected chi connectivity index (χ3v) is 3.86. The maximum absolute atomic E-state index is 10.1. The number of nitrogens with one attached hydrogen (secondary N) is 1. The summed E-state index contributed by atoms with van der Waals surface area (Å²) < 4.78 is 0. The highest BCUT2D eigenvalue weighted by molar-refractivity contribution is 5.38. The van der Waals surface area contributed by atoms with Crippen molar-refractivity contribution in [3.63, 3.8) is 0 Å². The Balaban J connectivity index is 2.63. The molecule has 0 spiro atoms. The molecule has 0 aliphatic rings. The maximum Gasteiger partial charge on any atom is 0.0669 e. The topological polar surface area (TPSA) is 32.3 Å². The molecule has 0 radical (unpaired) electrons. The third-order valence-electron chi connectivity index (χ3n) is 3.86. The summed E-state index contributed by atoms with van der Waals surface area (Å²) in [4.78, 5) is 0. The van der Waals surface area contributed by atoms with Crippen LogP contribution in [0.1, 0.15) is 62.4 Å². The second-order valence-electron chi connectivity index (χ2n) is 7.34. The van der Waals surface area contributed by atoms with Gasteiger partial charge in [0.25, 0.3) is 0 Å². The second-order valence-corrected chi connectivity index (χ2v) is 7.34. The van der Waals surface area contributed by atoms with Gasteiger partial charge in [-0.15, -0.1) is 0 Å². The molecule has 0 heterocycles. The Morgan fingerprint density at radius 2 is 1.60 bits per heavy atom. The second kappa shape index (κ2) is 6.73. The van der Waals surface area contributed by atoms with Crippen molar-refractivity contribution in [1.29, 1.82) is 0 Å². The van der Waals surface area contributed by atoms with Crippen LogP contribution in [-0.4, -0.2) is 17.8 Å². The molecule has 1 rings (SSSR count). The van der Waals surface area contributed by atoms with Gasteiger partial charge in [0, 0.05) is 12.6 Å². The number of aryl methyl sites for hydroxylation is 3. The van der Waals surface area contributed by atoms with Crippen LogP contribution in [-0.2, 0) is 0 Å². The SMILES string of the molecule is Cc1cc(C)c(C(C)NCC(O)CC(C)(C)C)cc1C. The highest BCUT2D eigenvalue weighted by Gasteiger charge is 2.18. The van der Waals surface area contributed by atoms with Gasteiger partial charge in [0.15, 0.2) is 0 Å². The van der Waals surface area contributed by atoms with Crippen LogP contribution in [0.5, 0.6) is 0 Å². The molecular weight excluding hydrogens is 246 g/mol. The van der Waals surface area contributed by atoms with Crippen LogP contribution in [0.3, 0.4) is 0 Å². The Kier molecular flexibility index (Phi) is 5.79. The average Bonchev–Trinajstić information content (AvgIpc) is 2.28. The van der Waals surface area contributed by atoms with Gasteiger partial charge in [0.2, 0.25) is 0 Å². The number of aliphatic hydroxyl groups excluding tert-OH is 1. The summed E-state index contributed by atoms with van der Waals surface area (Å²) in [6.07, 6.45) is 0.530. The van der Waals surface area contributed by atoms with Crippen molar-refractivity contribution in [1.82, 2.24) is 5.32 Å². The first kappa shape index (κ1) is 17.2. The largest absolute Gasteiger partial charge is 0.392 e. The summed E-state index contributed by atoms with van der Waals surface area (Å²) in [5.74, 6) is 0. The number of benzene rings is 1. The first-order valence-electron chi connectivity index (χ1n) is 7.59. The lowest BCUT2D eigenvalue weighted by atomic mass is 9.89. The van der Waals surface area contributed by atoms with Crippen LogP contribution in [0.15, 0.2) is 12.1 Å². The molecule has 0 amide bonds. The lowest BCUT2D eigenvalue weighted by Gasteiger charge is -2.25. The first-order valence-corrected chi connectivity index (χ1v) is 7.59. The summed E-state index contributed by atoms with van der Waals surface area (Å²) in [5, 5.41) is 13.5. The third kappa shape index (κ3) is 5.26. The van der Waals surface area contributed by atoms with E-state index in [-0.39, 0.29) is 17.6 Å². The zero-order valence-electron chi connectivity index (χ0n) is 14.2. The van der Waals surface area contributed by atoms with Crippen molar-refractivity contribution < 1.29 is 5.11 Å². The lowest BCUT2D eigenvalue weighted by molar-refractivity contribution is 0.117. The highest BCUT2D eigenvalue weighted by Crippen LogP contribution is 2.23. The molecule has 2 unspecified atom stereocenters. The zero-order valence-corrected chi connectivity index (χ0v) is 14.2. The Morgan fingerprint density at radius 1 is 1.05 bits per heavy atom. The van der Waals surface area contributed by atoms with Gasteiger partial charge in [-0.3, -0.25) is 0 Å². The fourth-order valence-corrected chi connectivity index (χ4v) is 2.65. The minimum atomic E-state index is -0.288. The molecule has 0 bridgehead atoms. The minimum Gasteiger partial charge on any atom is -0.392 e. The smallest absolute Gasteiger partial charge is 0.0669 e. The molecule has 20 heavy (non-hydrogen) atoms. The number of hydrogen-bond donors (Lipinski definition) is 2. The van der Waals surface area contributed by atoms with Gasteiger partial charge in [-0.1, -0.05) is 32.9 Å². The molecule has 114 valence electrons. The summed E-state index contributed by atoms with van der Waals surface area (Å²) in [6.45, 7) is 15.8. The van der Waals surface area contributed by atoms with Gasteiger partial charge >= 0.3 is 0 Å². The van der Waals surface area contributed by atoms with Crippen LogP contribution in [0.2, 0.25) is 0 Å². The van der Waals surface area contributed by atoms with E-state index >= 15 is 0 Å². The van der Waals surface area contributed by atoms with Crippen molar-refractivity contribution in [3.05, 3.63) is 34.4 Å². The van der Waals surface area contributed by atoms with Gasteiger partial charge in [-0.05, 0) is 61.8 Å². The van der Waals surface area contributed by atoms with Crippen molar-refractivity contribution in [2.75, 3.05) is 6.54 Å². The summed E-state index contributed by atoms with van der Waals surface area (Å²) >= 11 is 0. The van der Waals surface area contributed by atoms with Crippen molar-refractivity contribution >= 4 is 0 Å². The molecule has 0 saturated carbocycles. The number of aliphatic hydroxyl groups is 1. The summed E-state index contributed by atoms with van der Waals surface area (Å²) in [7, 11) is 0. The van der Waals surface area contributed by atoms with Gasteiger partial charge in [-0.2, -0.15) is 0 Å². The molecule has 2 N–H and O–H groups in total. The quantitative estimate of drug-likeness (QED) is 0.850. The van der Waals surface area contributed by atoms with E-state index in [0.29, 0.717) is 6.54 Å². The van der Waals surface area contributed by atoms with Crippen LogP contribution in [0.4, 0.5) is 0 Å². The highest BCUT2D eigenvalue weighted by atomic mass is 16.3. The van der Waals surface area contributed by atoms with E-state index in [1.807, 2.05) is 0 Å². The van der Waals surface area contributed by atoms with Gasteiger partial charge in [0.1, 0.15) is 0 Å². The molecule has 2 atom stereocenters. The van der Waals surface area contributed by atoms with E-state index in [9.17, 15) is 5.11 Å². The molecular formula is C18H31NO. The predicted octanol–water partition coefficient (Wildman–Crippen LogP) is 4.06. The predicted molar refractivity (Wildman–Crippen MR) is 87.1 cm³/mol. The normalized spacial score (nSPS) is 15.2. The molecule has 2 nitrogen and oxygen atoms in total. The van der Waals surface area contributed by atoms with Crippen molar-refractivity contribution in [3.8, 4) is 0 Å². The Morgan fingerprint density at radius 3 is 2.15 bits per heavy atom. The van der Waals surface area contributed by atoms with Gasteiger partial charge < -0.3 is 10.4 Å². The minimum absolute atomic E-state index is 0.167. The lowest BCUT2D eigenvalue weighted by Crippen LogP contribution is -2.32. The molecule has 0 aromatic heterocycles. The zero-order chi connectivity index (χ0) is 15.5. The van der Waals surface area contributed by atoms with E-state index in [4.69, 9.17) is 0 Å². The maximum atomic E-state index is 10.1. The van der Waals surface area contributed by atoms with Gasteiger partial charge in [0.05, 0.1) is 6.10 Å². The van der Waals surface area contributed by atoms with Crippen molar-refractivity contribution in [2.45, 2.75) is 67.0 Å². The number of rotatable bonds is 5. The fourth-order valence-electron chi connectivity index (χ4n) is 2.65. The summed E-state index contributed by atoms with van der Waals surface area (Å²) in [6, 6.07) is 4.77. The molecule has 1 aromatic carbocycles. The van der Waals surface area contributed by atoms with Crippen molar-refractivity contribution in [2.24, 2.45) is 5.41 Å². The fraction of sp³-hybridized carbons (Fsp3) is 0.667. The molecule has 0 aliphatic carbocycles. The molecule has 0 saturated heterocycles. The van der Waals surface area contributed by atoms with E-state index in [1.165, 1.54) is 22.3 Å². The van der Waals surface area contributed by atoms with E-state index in [2.05, 4.69) is 65.9 Å². The molecule has 1 aromatic rings. The van der Waals surface area contributed by atoms with Crippen LogP contribution >= 0.6 is 0 Å². The Bertz CT molecular complexity index is 445. The van der Waals surface area contributed by atoms with Crippen LogP contribution in [0, 0.1) is 26.2 Å². The average molecular weight is 277 g/mol. The molecule has 0 aliphatic heterocycles. The van der Waals surface area contributed by atoms with E-state index < -0.39 is 0 Å². The summed E-state index contributed by atoms with van der Waals surface area (Å²) in [5.41, 5.74) is 5.48. The van der Waals surface area contributed by atoms with Gasteiger partial charge in [-0.25, -0.2) is 0 Å². The van der Waals surface area contributed by atoms with E-state index in [0.717, 1.165) is 6.42 Å². The standard InChI is InChI=1S/C18H31NO/c1-12-8-14(3)17(9-13(12)2)15(4)19-11-16(20)10-18(5,6)7/h8-9,15-16,19-20H,10-11H2,1-7H3. The Hall–Kier alpha value is -0.860. The van der Waals surface area contributed by atoms with E-state index in [1.54, 1.807) is 0 Å². The first-order chi connectivity index (χ1) is 9.10. The Labute approximate surface area is 124 Å².